The number of anilines is 1. The number of ether oxygens (including phenoxy) is 1. The van der Waals surface area contributed by atoms with E-state index in [2.05, 4.69) is 15.5 Å². The van der Waals surface area contributed by atoms with Gasteiger partial charge in [-0.05, 0) is 41.8 Å². The molecule has 0 saturated carbocycles. The summed E-state index contributed by atoms with van der Waals surface area (Å²) in [6.07, 6.45) is 2.45. The summed E-state index contributed by atoms with van der Waals surface area (Å²) in [4.78, 5) is 29.4. The van der Waals surface area contributed by atoms with Gasteiger partial charge in [0.25, 0.3) is 5.56 Å². The predicted molar refractivity (Wildman–Crippen MR) is 129 cm³/mol. The van der Waals surface area contributed by atoms with Crippen LogP contribution in [0.1, 0.15) is 24.5 Å². The van der Waals surface area contributed by atoms with Crippen molar-refractivity contribution in [2.24, 2.45) is 19.2 Å². The molecule has 33 heavy (non-hydrogen) atoms. The van der Waals surface area contributed by atoms with Crippen LogP contribution in [0.3, 0.4) is 0 Å². The molecule has 0 amide bonds. The van der Waals surface area contributed by atoms with Gasteiger partial charge in [0, 0.05) is 20.6 Å². The normalized spacial score (nSPS) is 11.4. The van der Waals surface area contributed by atoms with Crippen LogP contribution in [-0.2, 0) is 27.2 Å². The molecular formula is C24H26N6O3. The third-order valence-electron chi connectivity index (χ3n) is 5.30. The number of hydrogen-bond acceptors (Lipinski definition) is 6. The summed E-state index contributed by atoms with van der Waals surface area (Å²) in [5.74, 6) is 1.18. The molecule has 9 nitrogen and oxygen atoms in total. The van der Waals surface area contributed by atoms with Crippen LogP contribution in [0.15, 0.2) is 69.3 Å². The SMILES string of the molecule is CCCn1c(N/N=C\c2ccc(OCc3ccccc3)cc2)nc2c1c(=O)n(C)c(=O)n2C. The van der Waals surface area contributed by atoms with Gasteiger partial charge in [0.2, 0.25) is 5.95 Å². The Hall–Kier alpha value is -4.14. The number of nitrogens with one attached hydrogen (secondary N) is 1. The number of benzene rings is 2. The molecule has 2 heterocycles. The highest BCUT2D eigenvalue weighted by molar-refractivity contribution is 5.80. The van der Waals surface area contributed by atoms with Gasteiger partial charge < -0.3 is 9.30 Å². The second-order valence-electron chi connectivity index (χ2n) is 7.68. The van der Waals surface area contributed by atoms with Crippen LogP contribution in [0, 0.1) is 0 Å². The Balaban J connectivity index is 1.51. The third-order valence-corrected chi connectivity index (χ3v) is 5.30. The highest BCUT2D eigenvalue weighted by Crippen LogP contribution is 2.17. The minimum atomic E-state index is -0.418. The first-order valence-corrected chi connectivity index (χ1v) is 10.7. The number of aromatic nitrogens is 4. The summed E-state index contributed by atoms with van der Waals surface area (Å²) in [5.41, 5.74) is 4.80. The van der Waals surface area contributed by atoms with Gasteiger partial charge in [-0.1, -0.05) is 37.3 Å². The Morgan fingerprint density at radius 3 is 2.45 bits per heavy atom. The van der Waals surface area contributed by atoms with E-state index < -0.39 is 5.69 Å². The van der Waals surface area contributed by atoms with E-state index in [9.17, 15) is 9.59 Å². The van der Waals surface area contributed by atoms with Crippen LogP contribution in [0.4, 0.5) is 5.95 Å². The zero-order valence-corrected chi connectivity index (χ0v) is 18.9. The van der Waals surface area contributed by atoms with Crippen molar-refractivity contribution in [3.8, 4) is 5.75 Å². The van der Waals surface area contributed by atoms with Crippen molar-refractivity contribution in [1.82, 2.24) is 18.7 Å². The molecule has 0 spiro atoms. The van der Waals surface area contributed by atoms with Gasteiger partial charge in [0.05, 0.1) is 6.21 Å². The van der Waals surface area contributed by atoms with Crippen molar-refractivity contribution < 1.29 is 4.74 Å². The quantitative estimate of drug-likeness (QED) is 0.332. The van der Waals surface area contributed by atoms with E-state index in [1.165, 1.54) is 11.6 Å². The lowest BCUT2D eigenvalue weighted by molar-refractivity contribution is 0.306. The number of imidazole rings is 1. The van der Waals surface area contributed by atoms with E-state index in [1.807, 2.05) is 61.5 Å². The van der Waals surface area contributed by atoms with Gasteiger partial charge in [-0.25, -0.2) is 10.2 Å². The van der Waals surface area contributed by atoms with Crippen LogP contribution >= 0.6 is 0 Å². The van der Waals surface area contributed by atoms with Crippen LogP contribution < -0.4 is 21.4 Å². The molecule has 9 heteroatoms. The molecule has 0 aliphatic carbocycles. The highest BCUT2D eigenvalue weighted by atomic mass is 16.5. The van der Waals surface area contributed by atoms with Crippen LogP contribution in [-0.4, -0.2) is 24.9 Å². The first kappa shape index (κ1) is 22.1. The average molecular weight is 447 g/mol. The Kier molecular flexibility index (Phi) is 6.39. The first-order chi connectivity index (χ1) is 16.0. The summed E-state index contributed by atoms with van der Waals surface area (Å²) >= 11 is 0. The van der Waals surface area contributed by atoms with Gasteiger partial charge in [0.15, 0.2) is 11.2 Å². The smallest absolute Gasteiger partial charge is 0.332 e. The number of fused-ring (bicyclic) bond motifs is 1. The molecule has 2 aromatic heterocycles. The van der Waals surface area contributed by atoms with E-state index in [4.69, 9.17) is 4.74 Å². The molecule has 0 unspecified atom stereocenters. The van der Waals surface area contributed by atoms with Crippen LogP contribution in [0.5, 0.6) is 5.75 Å². The summed E-state index contributed by atoms with van der Waals surface area (Å²) < 4.78 is 10.0. The molecule has 4 aromatic rings. The standard InChI is InChI=1S/C24H26N6O3/c1-4-14-30-20-21(28(2)24(32)29(3)22(20)31)26-23(30)27-25-15-17-10-12-19(13-11-17)33-16-18-8-6-5-7-9-18/h5-13,15H,4,14,16H2,1-3H3,(H,26,27)/b25-15-. The molecule has 4 rings (SSSR count). The highest BCUT2D eigenvalue weighted by Gasteiger charge is 2.18. The lowest BCUT2D eigenvalue weighted by Crippen LogP contribution is -2.37. The minimum absolute atomic E-state index is 0.328. The Labute approximate surface area is 190 Å². The van der Waals surface area contributed by atoms with Crippen molar-refractivity contribution in [1.29, 1.82) is 0 Å². The van der Waals surface area contributed by atoms with E-state index >= 15 is 0 Å². The maximum atomic E-state index is 12.7. The zero-order chi connectivity index (χ0) is 23.4. The van der Waals surface area contributed by atoms with Crippen molar-refractivity contribution in [3.05, 3.63) is 86.6 Å². The molecule has 0 atom stereocenters. The molecule has 0 bridgehead atoms. The first-order valence-electron chi connectivity index (χ1n) is 10.7. The summed E-state index contributed by atoms with van der Waals surface area (Å²) in [7, 11) is 3.06. The Bertz CT molecular complexity index is 1400. The lowest BCUT2D eigenvalue weighted by atomic mass is 10.2. The number of aryl methyl sites for hydroxylation is 2. The molecule has 0 aliphatic rings. The van der Waals surface area contributed by atoms with E-state index in [0.717, 1.165) is 27.9 Å². The number of hydrogen-bond donors (Lipinski definition) is 1. The summed E-state index contributed by atoms with van der Waals surface area (Å²) in [6.45, 7) is 3.08. The molecule has 0 radical (unpaired) electrons. The van der Waals surface area contributed by atoms with E-state index in [-0.39, 0.29) is 5.56 Å². The fraction of sp³-hybridized carbons (Fsp3) is 0.250. The Morgan fingerprint density at radius 2 is 1.76 bits per heavy atom. The predicted octanol–water partition coefficient (Wildman–Crippen LogP) is 2.87. The second-order valence-corrected chi connectivity index (χ2v) is 7.68. The summed E-state index contributed by atoms with van der Waals surface area (Å²) in [5, 5.41) is 4.28. The van der Waals surface area contributed by atoms with Crippen molar-refractivity contribution in [3.63, 3.8) is 0 Å². The van der Waals surface area contributed by atoms with Gasteiger partial charge in [0.1, 0.15) is 12.4 Å². The minimum Gasteiger partial charge on any atom is -0.489 e. The van der Waals surface area contributed by atoms with Gasteiger partial charge >= 0.3 is 5.69 Å². The molecule has 0 saturated heterocycles. The molecule has 170 valence electrons. The van der Waals surface area contributed by atoms with Crippen LogP contribution in [0.25, 0.3) is 11.2 Å². The number of rotatable bonds is 8. The van der Waals surface area contributed by atoms with E-state index in [1.54, 1.807) is 17.8 Å². The number of hydrazone groups is 1. The Morgan fingerprint density at radius 1 is 1.03 bits per heavy atom. The summed E-state index contributed by atoms with van der Waals surface area (Å²) in [6, 6.07) is 17.6. The van der Waals surface area contributed by atoms with Crippen molar-refractivity contribution in [2.75, 3.05) is 5.43 Å². The topological polar surface area (TPSA) is 95.4 Å². The third kappa shape index (κ3) is 4.57. The zero-order valence-electron chi connectivity index (χ0n) is 18.9. The molecule has 0 fully saturated rings. The van der Waals surface area contributed by atoms with Gasteiger partial charge in [-0.3, -0.25) is 13.9 Å². The molecule has 1 N–H and O–H groups in total. The maximum absolute atomic E-state index is 12.7. The monoisotopic (exact) mass is 446 g/mol. The molecule has 2 aromatic carbocycles. The molecular weight excluding hydrogens is 420 g/mol. The maximum Gasteiger partial charge on any atom is 0.332 e. The van der Waals surface area contributed by atoms with E-state index in [0.29, 0.717) is 30.3 Å². The molecule has 0 aliphatic heterocycles. The van der Waals surface area contributed by atoms with Crippen molar-refractivity contribution in [2.45, 2.75) is 26.5 Å². The fourth-order valence-electron chi connectivity index (χ4n) is 3.53. The average Bonchev–Trinajstić information content (AvgIpc) is 3.20. The lowest BCUT2D eigenvalue weighted by Gasteiger charge is -2.07. The fourth-order valence-corrected chi connectivity index (χ4v) is 3.53. The number of nitrogens with zero attached hydrogens (tertiary/aromatic N) is 5. The van der Waals surface area contributed by atoms with Crippen molar-refractivity contribution >= 4 is 23.3 Å². The second kappa shape index (κ2) is 9.56. The van der Waals surface area contributed by atoms with Crippen LogP contribution in [0.2, 0.25) is 0 Å². The largest absolute Gasteiger partial charge is 0.489 e. The van der Waals surface area contributed by atoms with Gasteiger partial charge in [-0.15, -0.1) is 0 Å². The van der Waals surface area contributed by atoms with Gasteiger partial charge in [-0.2, -0.15) is 10.1 Å².